The van der Waals surface area contributed by atoms with Crippen molar-refractivity contribution in [2.24, 2.45) is 0 Å². The zero-order chi connectivity index (χ0) is 16.4. The highest BCUT2D eigenvalue weighted by atomic mass is 35.5. The van der Waals surface area contributed by atoms with Crippen LogP contribution in [0.15, 0.2) is 12.3 Å². The third kappa shape index (κ3) is 3.31. The standard InChI is InChI=1S/C17H26ClN5/c1-4-11(5-2)15-9-16(21-13-7-6-12(8-13)19-3)23-17(22-15)14(18)10-20-23/h9-13,19,21H,4-8H2,1-3H3/t12-,13-/m0/s1. The minimum absolute atomic E-state index is 0.458. The van der Waals surface area contributed by atoms with E-state index in [0.29, 0.717) is 23.0 Å². The molecule has 2 aromatic heterocycles. The van der Waals surface area contributed by atoms with E-state index < -0.39 is 0 Å². The number of nitrogens with one attached hydrogen (secondary N) is 2. The van der Waals surface area contributed by atoms with E-state index in [-0.39, 0.29) is 0 Å². The van der Waals surface area contributed by atoms with Crippen LogP contribution in [0.1, 0.15) is 57.6 Å². The smallest absolute Gasteiger partial charge is 0.176 e. The van der Waals surface area contributed by atoms with Gasteiger partial charge in [0.15, 0.2) is 5.65 Å². The molecule has 0 aliphatic heterocycles. The van der Waals surface area contributed by atoms with Crippen molar-refractivity contribution in [2.45, 2.75) is 64.0 Å². The Kier molecular flexibility index (Phi) is 5.07. The number of halogens is 1. The molecular weight excluding hydrogens is 310 g/mol. The monoisotopic (exact) mass is 335 g/mol. The van der Waals surface area contributed by atoms with Crippen LogP contribution < -0.4 is 10.6 Å². The summed E-state index contributed by atoms with van der Waals surface area (Å²) >= 11 is 6.29. The van der Waals surface area contributed by atoms with Crippen molar-refractivity contribution in [2.75, 3.05) is 12.4 Å². The molecule has 126 valence electrons. The number of rotatable bonds is 6. The summed E-state index contributed by atoms with van der Waals surface area (Å²) in [6.07, 6.45) is 7.35. The number of nitrogens with zero attached hydrogens (tertiary/aromatic N) is 3. The van der Waals surface area contributed by atoms with E-state index in [1.165, 1.54) is 12.8 Å². The third-order valence-corrected chi connectivity index (χ3v) is 5.31. The first kappa shape index (κ1) is 16.5. The molecule has 0 radical (unpaired) electrons. The molecule has 1 aliphatic rings. The molecular formula is C17H26ClN5. The van der Waals surface area contributed by atoms with Gasteiger partial charge >= 0.3 is 0 Å². The van der Waals surface area contributed by atoms with Crippen LogP contribution in [0.2, 0.25) is 5.02 Å². The summed E-state index contributed by atoms with van der Waals surface area (Å²) in [6, 6.07) is 3.22. The minimum atomic E-state index is 0.458. The second-order valence-corrected chi connectivity index (χ2v) is 6.85. The first-order valence-corrected chi connectivity index (χ1v) is 9.02. The van der Waals surface area contributed by atoms with E-state index in [9.17, 15) is 0 Å². The van der Waals surface area contributed by atoms with Crippen molar-refractivity contribution in [3.05, 3.63) is 23.0 Å². The van der Waals surface area contributed by atoms with Gasteiger partial charge in [0, 0.05) is 29.8 Å². The maximum Gasteiger partial charge on any atom is 0.176 e. The van der Waals surface area contributed by atoms with Gasteiger partial charge in [0.05, 0.1) is 6.20 Å². The summed E-state index contributed by atoms with van der Waals surface area (Å²) in [5, 5.41) is 12.0. The molecule has 2 atom stereocenters. The molecule has 5 nitrogen and oxygen atoms in total. The largest absolute Gasteiger partial charge is 0.367 e. The third-order valence-electron chi connectivity index (χ3n) is 5.05. The van der Waals surface area contributed by atoms with Crippen LogP contribution >= 0.6 is 11.6 Å². The van der Waals surface area contributed by atoms with E-state index in [1.807, 2.05) is 11.6 Å². The molecule has 0 aromatic carbocycles. The average molecular weight is 336 g/mol. The molecule has 0 unspecified atom stereocenters. The quantitative estimate of drug-likeness (QED) is 0.842. The van der Waals surface area contributed by atoms with E-state index in [0.717, 1.165) is 36.4 Å². The van der Waals surface area contributed by atoms with Gasteiger partial charge in [-0.1, -0.05) is 25.4 Å². The Hall–Kier alpha value is -1.33. The van der Waals surface area contributed by atoms with Crippen molar-refractivity contribution in [1.29, 1.82) is 0 Å². The lowest BCUT2D eigenvalue weighted by molar-refractivity contribution is 0.575. The lowest BCUT2D eigenvalue weighted by Gasteiger charge is -2.18. The van der Waals surface area contributed by atoms with Crippen LogP contribution in [-0.2, 0) is 0 Å². The fraction of sp³-hybridized carbons (Fsp3) is 0.647. The van der Waals surface area contributed by atoms with E-state index in [4.69, 9.17) is 16.6 Å². The van der Waals surface area contributed by atoms with Crippen molar-refractivity contribution in [3.8, 4) is 0 Å². The fourth-order valence-corrected chi connectivity index (χ4v) is 3.72. The molecule has 0 saturated heterocycles. The zero-order valence-electron chi connectivity index (χ0n) is 14.1. The molecule has 2 N–H and O–H groups in total. The summed E-state index contributed by atoms with van der Waals surface area (Å²) in [7, 11) is 2.04. The van der Waals surface area contributed by atoms with Gasteiger partial charge in [-0.25, -0.2) is 4.98 Å². The number of fused-ring (bicyclic) bond motifs is 1. The maximum atomic E-state index is 6.29. The van der Waals surface area contributed by atoms with Crippen LogP contribution in [0.4, 0.5) is 5.82 Å². The van der Waals surface area contributed by atoms with Crippen molar-refractivity contribution in [1.82, 2.24) is 19.9 Å². The fourth-order valence-electron chi connectivity index (χ4n) is 3.56. The molecule has 1 saturated carbocycles. The second-order valence-electron chi connectivity index (χ2n) is 6.45. The van der Waals surface area contributed by atoms with Crippen LogP contribution in [0.3, 0.4) is 0 Å². The summed E-state index contributed by atoms with van der Waals surface area (Å²) in [4.78, 5) is 4.76. The van der Waals surface area contributed by atoms with Crippen LogP contribution in [0, 0.1) is 0 Å². The highest BCUT2D eigenvalue weighted by Gasteiger charge is 2.24. The number of hydrogen-bond donors (Lipinski definition) is 2. The molecule has 3 rings (SSSR count). The topological polar surface area (TPSA) is 54.2 Å². The van der Waals surface area contributed by atoms with Gasteiger partial charge in [-0.3, -0.25) is 0 Å². The number of aromatic nitrogens is 3. The van der Waals surface area contributed by atoms with Gasteiger partial charge < -0.3 is 10.6 Å². The molecule has 0 spiro atoms. The zero-order valence-corrected chi connectivity index (χ0v) is 14.9. The highest BCUT2D eigenvalue weighted by Crippen LogP contribution is 2.29. The van der Waals surface area contributed by atoms with Gasteiger partial charge in [-0.15, -0.1) is 0 Å². The van der Waals surface area contributed by atoms with E-state index in [1.54, 1.807) is 6.20 Å². The molecule has 6 heteroatoms. The first-order chi connectivity index (χ1) is 11.2. The highest BCUT2D eigenvalue weighted by molar-refractivity contribution is 6.33. The summed E-state index contributed by atoms with van der Waals surface area (Å²) in [5.41, 5.74) is 1.86. The maximum absolute atomic E-state index is 6.29. The molecule has 2 heterocycles. The molecule has 0 amide bonds. The van der Waals surface area contributed by atoms with Gasteiger partial charge in [0.25, 0.3) is 0 Å². The summed E-state index contributed by atoms with van der Waals surface area (Å²) in [6.45, 7) is 4.42. The summed E-state index contributed by atoms with van der Waals surface area (Å²) < 4.78 is 1.83. The van der Waals surface area contributed by atoms with Crippen LogP contribution in [0.25, 0.3) is 5.65 Å². The van der Waals surface area contributed by atoms with Crippen molar-refractivity contribution >= 4 is 23.1 Å². The van der Waals surface area contributed by atoms with E-state index >= 15 is 0 Å². The Labute approximate surface area is 142 Å². The number of hydrogen-bond acceptors (Lipinski definition) is 4. The van der Waals surface area contributed by atoms with Gasteiger partial charge in [-0.2, -0.15) is 9.61 Å². The molecule has 1 fully saturated rings. The normalized spacial score (nSPS) is 21.4. The van der Waals surface area contributed by atoms with Crippen LogP contribution in [0.5, 0.6) is 0 Å². The first-order valence-electron chi connectivity index (χ1n) is 8.64. The minimum Gasteiger partial charge on any atom is -0.367 e. The lowest BCUT2D eigenvalue weighted by atomic mass is 9.99. The van der Waals surface area contributed by atoms with Crippen molar-refractivity contribution < 1.29 is 0 Å². The van der Waals surface area contributed by atoms with Gasteiger partial charge in [-0.05, 0) is 39.2 Å². The van der Waals surface area contributed by atoms with E-state index in [2.05, 4.69) is 35.6 Å². The van der Waals surface area contributed by atoms with Crippen LogP contribution in [-0.4, -0.2) is 33.7 Å². The SMILES string of the molecule is CCC(CC)c1cc(N[C@H]2CC[C@H](NC)C2)n2ncc(Cl)c2n1. The molecule has 23 heavy (non-hydrogen) atoms. The molecule has 2 aromatic rings. The Bertz CT molecular complexity index is 664. The Morgan fingerprint density at radius 2 is 2.04 bits per heavy atom. The molecule has 1 aliphatic carbocycles. The predicted molar refractivity (Wildman–Crippen MR) is 95.4 cm³/mol. The number of anilines is 1. The summed E-state index contributed by atoms with van der Waals surface area (Å²) in [5.74, 6) is 1.46. The van der Waals surface area contributed by atoms with Gasteiger partial charge in [0.1, 0.15) is 10.8 Å². The van der Waals surface area contributed by atoms with Crippen molar-refractivity contribution in [3.63, 3.8) is 0 Å². The predicted octanol–water partition coefficient (Wildman–Crippen LogP) is 3.84. The lowest BCUT2D eigenvalue weighted by Crippen LogP contribution is -2.25. The van der Waals surface area contributed by atoms with Gasteiger partial charge in [0.2, 0.25) is 0 Å². The average Bonchev–Trinajstić information content (AvgIpc) is 3.16. The Balaban J connectivity index is 1.94. The Morgan fingerprint density at radius 3 is 2.70 bits per heavy atom. The molecule has 0 bridgehead atoms. The Morgan fingerprint density at radius 1 is 1.30 bits per heavy atom. The second kappa shape index (κ2) is 7.05.